The van der Waals surface area contributed by atoms with Crippen LogP contribution in [0.1, 0.15) is 11.1 Å². The fourth-order valence-electron chi connectivity index (χ4n) is 1.91. The maximum atomic E-state index is 12.6. The molecule has 0 amide bonds. The van der Waals surface area contributed by atoms with E-state index in [1.165, 1.54) is 11.4 Å². The molecule has 0 aromatic heterocycles. The molecule has 1 aromatic rings. The maximum absolute atomic E-state index is 12.6. The third-order valence-corrected chi connectivity index (χ3v) is 5.48. The van der Waals surface area contributed by atoms with Gasteiger partial charge in [0.25, 0.3) is 6.47 Å². The number of benzene rings is 1. The average Bonchev–Trinajstić information content (AvgIpc) is 2.36. The van der Waals surface area contributed by atoms with Crippen molar-refractivity contribution >= 4 is 32.4 Å². The Bertz CT molecular complexity index is 580. The molecule has 0 spiro atoms. The minimum absolute atomic E-state index is 0.137. The number of carbonyl (C=O) groups is 1. The van der Waals surface area contributed by atoms with Crippen LogP contribution < -0.4 is 0 Å². The van der Waals surface area contributed by atoms with E-state index in [0.717, 1.165) is 4.47 Å². The second kappa shape index (κ2) is 7.88. The number of aryl methyl sites for hydroxylation is 2. The second-order valence-corrected chi connectivity index (χ2v) is 7.38. The first-order chi connectivity index (χ1) is 9.80. The van der Waals surface area contributed by atoms with E-state index >= 15 is 0 Å². The van der Waals surface area contributed by atoms with Crippen LogP contribution in [0.15, 0.2) is 21.5 Å². The molecule has 0 bridgehead atoms. The summed E-state index contributed by atoms with van der Waals surface area (Å²) in [5, 5.41) is 0. The van der Waals surface area contributed by atoms with Gasteiger partial charge in [-0.2, -0.15) is 4.31 Å². The summed E-state index contributed by atoms with van der Waals surface area (Å²) in [6, 6.07) is 3.53. The SMILES string of the molecule is Cc1cc(Br)cc(C)c1S(=O)(=O)N(C)CCOCOC=O. The van der Waals surface area contributed by atoms with Crippen molar-refractivity contribution in [1.29, 1.82) is 0 Å². The summed E-state index contributed by atoms with van der Waals surface area (Å²) in [5.74, 6) is 0. The summed E-state index contributed by atoms with van der Waals surface area (Å²) in [5.41, 5.74) is 1.36. The quantitative estimate of drug-likeness (QED) is 0.391. The Labute approximate surface area is 133 Å². The zero-order valence-electron chi connectivity index (χ0n) is 12.1. The van der Waals surface area contributed by atoms with Crippen molar-refractivity contribution in [3.05, 3.63) is 27.7 Å². The number of carbonyl (C=O) groups excluding carboxylic acids is 1. The van der Waals surface area contributed by atoms with Crippen LogP contribution in [0.2, 0.25) is 0 Å². The summed E-state index contributed by atoms with van der Waals surface area (Å²) in [6.45, 7) is 3.90. The van der Waals surface area contributed by atoms with Crippen LogP contribution in [0.25, 0.3) is 0 Å². The summed E-state index contributed by atoms with van der Waals surface area (Å²) in [7, 11) is -2.10. The van der Waals surface area contributed by atoms with Gasteiger partial charge in [0.15, 0.2) is 6.79 Å². The molecule has 6 nitrogen and oxygen atoms in total. The van der Waals surface area contributed by atoms with Gasteiger partial charge in [0.2, 0.25) is 10.0 Å². The van der Waals surface area contributed by atoms with E-state index < -0.39 is 10.0 Å². The number of halogens is 1. The van der Waals surface area contributed by atoms with Crippen LogP contribution in [0, 0.1) is 13.8 Å². The molecule has 0 aliphatic rings. The third-order valence-electron chi connectivity index (χ3n) is 2.86. The molecule has 1 rings (SSSR count). The topological polar surface area (TPSA) is 72.9 Å². The van der Waals surface area contributed by atoms with E-state index in [1.54, 1.807) is 26.0 Å². The van der Waals surface area contributed by atoms with E-state index in [-0.39, 0.29) is 26.4 Å². The van der Waals surface area contributed by atoms with Crippen LogP contribution in [0.4, 0.5) is 0 Å². The number of nitrogens with zero attached hydrogens (tertiary/aromatic N) is 1. The van der Waals surface area contributed by atoms with Crippen molar-refractivity contribution in [3.63, 3.8) is 0 Å². The van der Waals surface area contributed by atoms with Gasteiger partial charge in [-0.3, -0.25) is 4.79 Å². The van der Waals surface area contributed by atoms with Gasteiger partial charge < -0.3 is 9.47 Å². The fourth-order valence-corrected chi connectivity index (χ4v) is 4.15. The Morgan fingerprint density at radius 2 is 1.86 bits per heavy atom. The van der Waals surface area contributed by atoms with Crippen molar-refractivity contribution in [3.8, 4) is 0 Å². The highest BCUT2D eigenvalue weighted by Gasteiger charge is 2.24. The molecule has 0 saturated heterocycles. The van der Waals surface area contributed by atoms with E-state index in [4.69, 9.17) is 4.74 Å². The van der Waals surface area contributed by atoms with Crippen LogP contribution in [0.3, 0.4) is 0 Å². The van der Waals surface area contributed by atoms with Gasteiger partial charge in [-0.15, -0.1) is 0 Å². The normalized spacial score (nSPS) is 11.7. The zero-order valence-corrected chi connectivity index (χ0v) is 14.5. The molecule has 0 unspecified atom stereocenters. The number of ether oxygens (including phenoxy) is 2. The molecule has 0 fully saturated rings. The standard InChI is InChI=1S/C13H18BrNO5S/c1-10-6-12(14)7-11(2)13(10)21(17,18)15(3)4-5-19-9-20-8-16/h6-8H,4-5,9H2,1-3H3. The zero-order chi connectivity index (χ0) is 16.0. The molecule has 0 saturated carbocycles. The lowest BCUT2D eigenvalue weighted by Gasteiger charge is -2.20. The van der Waals surface area contributed by atoms with Crippen LogP contribution >= 0.6 is 15.9 Å². The molecule has 0 aliphatic heterocycles. The number of hydrogen-bond acceptors (Lipinski definition) is 5. The Hall–Kier alpha value is -0.960. The van der Waals surface area contributed by atoms with Crippen LogP contribution in [-0.4, -0.2) is 46.2 Å². The first-order valence-corrected chi connectivity index (χ1v) is 8.40. The Morgan fingerprint density at radius 1 is 1.29 bits per heavy atom. The molecular weight excluding hydrogens is 362 g/mol. The fraction of sp³-hybridized carbons (Fsp3) is 0.462. The summed E-state index contributed by atoms with van der Waals surface area (Å²) in [6.07, 6.45) is 0. The van der Waals surface area contributed by atoms with Gasteiger partial charge in [-0.25, -0.2) is 8.42 Å². The van der Waals surface area contributed by atoms with Crippen LogP contribution in [0.5, 0.6) is 0 Å². The smallest absolute Gasteiger partial charge is 0.295 e. The molecule has 118 valence electrons. The van der Waals surface area contributed by atoms with Gasteiger partial charge in [0.05, 0.1) is 11.5 Å². The van der Waals surface area contributed by atoms with E-state index in [1.807, 2.05) is 0 Å². The number of rotatable bonds is 8. The number of hydrogen-bond donors (Lipinski definition) is 0. The van der Waals surface area contributed by atoms with Gasteiger partial charge in [0.1, 0.15) is 0 Å². The van der Waals surface area contributed by atoms with Gasteiger partial charge >= 0.3 is 0 Å². The molecule has 1 aromatic carbocycles. The summed E-state index contributed by atoms with van der Waals surface area (Å²) in [4.78, 5) is 10.2. The van der Waals surface area contributed by atoms with E-state index in [2.05, 4.69) is 20.7 Å². The molecule has 0 radical (unpaired) electrons. The Balaban J connectivity index is 2.83. The highest BCUT2D eigenvalue weighted by molar-refractivity contribution is 9.10. The maximum Gasteiger partial charge on any atom is 0.295 e. The van der Waals surface area contributed by atoms with Crippen molar-refractivity contribution in [2.45, 2.75) is 18.7 Å². The Kier molecular flexibility index (Phi) is 6.79. The lowest BCUT2D eigenvalue weighted by atomic mass is 10.2. The minimum atomic E-state index is -3.59. The van der Waals surface area contributed by atoms with E-state index in [9.17, 15) is 13.2 Å². The predicted octanol–water partition coefficient (Wildman–Crippen LogP) is 1.83. The predicted molar refractivity (Wildman–Crippen MR) is 81.4 cm³/mol. The molecule has 0 N–H and O–H groups in total. The monoisotopic (exact) mass is 379 g/mol. The summed E-state index contributed by atoms with van der Waals surface area (Å²) < 4.78 is 36.6. The van der Waals surface area contributed by atoms with Gasteiger partial charge in [-0.1, -0.05) is 15.9 Å². The lowest BCUT2D eigenvalue weighted by molar-refractivity contribution is -0.140. The van der Waals surface area contributed by atoms with Crippen molar-refractivity contribution in [2.24, 2.45) is 0 Å². The molecule has 0 aliphatic carbocycles. The third kappa shape index (κ3) is 4.77. The lowest BCUT2D eigenvalue weighted by Crippen LogP contribution is -2.31. The van der Waals surface area contributed by atoms with Crippen molar-refractivity contribution in [1.82, 2.24) is 4.31 Å². The number of likely N-dealkylation sites (N-methyl/N-ethyl adjacent to an activating group) is 1. The molecule has 21 heavy (non-hydrogen) atoms. The van der Waals surface area contributed by atoms with Gasteiger partial charge in [-0.05, 0) is 37.1 Å². The largest absolute Gasteiger partial charge is 0.441 e. The molecule has 0 atom stereocenters. The van der Waals surface area contributed by atoms with E-state index in [0.29, 0.717) is 16.0 Å². The number of sulfonamides is 1. The van der Waals surface area contributed by atoms with Crippen LogP contribution in [-0.2, 0) is 24.3 Å². The minimum Gasteiger partial charge on any atom is -0.441 e. The average molecular weight is 380 g/mol. The van der Waals surface area contributed by atoms with Crippen molar-refractivity contribution < 1.29 is 22.7 Å². The molecule has 0 heterocycles. The highest BCUT2D eigenvalue weighted by atomic mass is 79.9. The Morgan fingerprint density at radius 3 is 2.38 bits per heavy atom. The molecule has 8 heteroatoms. The first kappa shape index (κ1) is 18.1. The summed E-state index contributed by atoms with van der Waals surface area (Å²) >= 11 is 3.35. The highest BCUT2D eigenvalue weighted by Crippen LogP contribution is 2.26. The van der Waals surface area contributed by atoms with Crippen molar-refractivity contribution in [2.75, 3.05) is 27.0 Å². The second-order valence-electron chi connectivity index (χ2n) is 4.48. The van der Waals surface area contributed by atoms with Gasteiger partial charge in [0, 0.05) is 18.1 Å². The first-order valence-electron chi connectivity index (χ1n) is 6.16. The molecular formula is C13H18BrNO5S.